The minimum atomic E-state index is -2.64. The molecule has 0 bridgehead atoms. The molecule has 2 aliphatic heterocycles. The fourth-order valence-corrected chi connectivity index (χ4v) is 8.42. The van der Waals surface area contributed by atoms with Crippen molar-refractivity contribution >= 4 is 68.1 Å². The molecule has 10 nitrogen and oxygen atoms in total. The summed E-state index contributed by atoms with van der Waals surface area (Å²) < 4.78 is 20.0. The molecule has 4 aromatic rings. The number of nitrogens with zero attached hydrogens (tertiary/aromatic N) is 6. The lowest BCUT2D eigenvalue weighted by atomic mass is 10.0. The first kappa shape index (κ1) is 32.7. The van der Waals surface area contributed by atoms with E-state index in [2.05, 4.69) is 66.3 Å². The van der Waals surface area contributed by atoms with Crippen molar-refractivity contribution in [2.45, 2.75) is 32.2 Å². The fourth-order valence-electron chi connectivity index (χ4n) is 6.64. The normalized spacial score (nSPS) is 17.0. The number of hydrogen-bond acceptors (Lipinski definition) is 10. The van der Waals surface area contributed by atoms with Crippen LogP contribution in [0.3, 0.4) is 0 Å². The van der Waals surface area contributed by atoms with E-state index >= 15 is 0 Å². The first-order chi connectivity index (χ1) is 22.1. The highest BCUT2D eigenvalue weighted by Gasteiger charge is 2.29. The van der Waals surface area contributed by atoms with Crippen molar-refractivity contribution in [3.63, 3.8) is 0 Å². The molecule has 4 heterocycles. The Kier molecular flexibility index (Phi) is 9.85. The van der Waals surface area contributed by atoms with Gasteiger partial charge in [0.2, 0.25) is 11.8 Å². The molecular formula is C34H44BrN8O2P. The zero-order valence-electron chi connectivity index (χ0n) is 27.4. The van der Waals surface area contributed by atoms with Gasteiger partial charge in [0.05, 0.1) is 17.3 Å². The Bertz CT molecular complexity index is 1750. The van der Waals surface area contributed by atoms with Gasteiger partial charge in [-0.15, -0.1) is 0 Å². The molecule has 0 amide bonds. The standard InChI is InChI=1S/C34H44BrN8O2P/c1-6-23-21-29(33(45-3)40-32(23)43-15-13-25(14-16-43)42-19-17-41(2)18-20-42)38-34-36-22-27(35)31(39-34)37-28-12-11-24-9-7-8-10-26(24)30(28)46(4,5)44/h7-12,21-22,25H,6,13-20H2,1-5H3,(H2,36,37,38,39). The van der Waals surface area contributed by atoms with Crippen LogP contribution in [0.5, 0.6) is 5.88 Å². The minimum absolute atomic E-state index is 0.395. The minimum Gasteiger partial charge on any atom is -0.479 e. The summed E-state index contributed by atoms with van der Waals surface area (Å²) in [7, 11) is 1.22. The number of piperazine rings is 1. The average Bonchev–Trinajstić information content (AvgIpc) is 3.06. The van der Waals surface area contributed by atoms with Gasteiger partial charge >= 0.3 is 0 Å². The Hall–Kier alpha value is -3.24. The van der Waals surface area contributed by atoms with Crippen molar-refractivity contribution in [2.75, 3.05) is 82.3 Å². The molecule has 0 radical (unpaired) electrons. The quantitative estimate of drug-likeness (QED) is 0.193. The van der Waals surface area contributed by atoms with E-state index in [-0.39, 0.29) is 0 Å². The number of anilines is 5. The highest BCUT2D eigenvalue weighted by Crippen LogP contribution is 2.42. The van der Waals surface area contributed by atoms with E-state index in [1.807, 2.05) is 36.4 Å². The van der Waals surface area contributed by atoms with Gasteiger partial charge < -0.3 is 29.7 Å². The molecule has 0 saturated carbocycles. The number of likely N-dealkylation sites (N-methyl/N-ethyl adjacent to an activating group) is 1. The lowest BCUT2D eigenvalue weighted by molar-refractivity contribution is 0.0981. The smallest absolute Gasteiger partial charge is 0.239 e. The molecule has 2 aliphatic rings. The summed E-state index contributed by atoms with van der Waals surface area (Å²) in [5.74, 6) is 2.45. The molecule has 46 heavy (non-hydrogen) atoms. The van der Waals surface area contributed by atoms with E-state index in [1.165, 1.54) is 0 Å². The number of methoxy groups -OCH3 is 1. The monoisotopic (exact) mass is 706 g/mol. The number of pyridine rings is 1. The molecule has 2 saturated heterocycles. The molecule has 0 aliphatic carbocycles. The number of benzene rings is 2. The predicted molar refractivity (Wildman–Crippen MR) is 194 cm³/mol. The topological polar surface area (TPSA) is 98.7 Å². The number of piperidine rings is 1. The zero-order valence-corrected chi connectivity index (χ0v) is 29.9. The van der Waals surface area contributed by atoms with E-state index in [9.17, 15) is 4.57 Å². The summed E-state index contributed by atoms with van der Waals surface area (Å²) in [6, 6.07) is 14.8. The van der Waals surface area contributed by atoms with Crippen LogP contribution in [0.15, 0.2) is 53.1 Å². The second-order valence-electron chi connectivity index (χ2n) is 12.6. The molecule has 12 heteroatoms. The number of rotatable bonds is 9. The highest BCUT2D eigenvalue weighted by atomic mass is 79.9. The molecular weight excluding hydrogens is 663 g/mol. The Morgan fingerprint density at radius 3 is 2.41 bits per heavy atom. The number of aromatic nitrogens is 3. The van der Waals surface area contributed by atoms with E-state index in [1.54, 1.807) is 26.6 Å². The van der Waals surface area contributed by atoms with E-state index in [0.717, 1.165) is 91.7 Å². The third-order valence-electron chi connectivity index (χ3n) is 9.12. The van der Waals surface area contributed by atoms with Gasteiger partial charge in [-0.05, 0) is 84.0 Å². The van der Waals surface area contributed by atoms with Crippen LogP contribution < -0.4 is 25.6 Å². The molecule has 2 fully saturated rings. The van der Waals surface area contributed by atoms with Gasteiger partial charge in [0.15, 0.2) is 0 Å². The van der Waals surface area contributed by atoms with Gasteiger partial charge in [0, 0.05) is 56.8 Å². The van der Waals surface area contributed by atoms with Gasteiger partial charge in [-0.3, -0.25) is 4.90 Å². The van der Waals surface area contributed by atoms with Crippen LogP contribution in [0.1, 0.15) is 25.3 Å². The van der Waals surface area contributed by atoms with Crippen molar-refractivity contribution in [1.82, 2.24) is 24.8 Å². The molecule has 0 spiro atoms. The molecule has 2 aromatic heterocycles. The van der Waals surface area contributed by atoms with Crippen LogP contribution in [-0.2, 0) is 11.0 Å². The molecule has 244 valence electrons. The number of hydrogen-bond donors (Lipinski definition) is 2. The maximum absolute atomic E-state index is 13.5. The van der Waals surface area contributed by atoms with Crippen LogP contribution in [0.4, 0.5) is 29.0 Å². The number of ether oxygens (including phenoxy) is 1. The largest absolute Gasteiger partial charge is 0.479 e. The second kappa shape index (κ2) is 13.9. The fraction of sp³-hybridized carbons (Fsp3) is 0.441. The number of nitrogens with one attached hydrogen (secondary N) is 2. The van der Waals surface area contributed by atoms with E-state index in [0.29, 0.717) is 33.8 Å². The predicted octanol–water partition coefficient (Wildman–Crippen LogP) is 6.31. The van der Waals surface area contributed by atoms with Gasteiger partial charge in [0.25, 0.3) is 0 Å². The second-order valence-corrected chi connectivity index (χ2v) is 16.6. The lowest BCUT2D eigenvalue weighted by Gasteiger charge is -2.42. The first-order valence-corrected chi connectivity index (χ1v) is 19.4. The third-order valence-corrected chi connectivity index (χ3v) is 11.3. The van der Waals surface area contributed by atoms with Crippen molar-refractivity contribution in [3.05, 3.63) is 58.7 Å². The van der Waals surface area contributed by atoms with Crippen LogP contribution in [0.2, 0.25) is 0 Å². The summed E-state index contributed by atoms with van der Waals surface area (Å²) in [6.45, 7) is 12.3. The van der Waals surface area contributed by atoms with Gasteiger partial charge in [-0.2, -0.15) is 9.97 Å². The summed E-state index contributed by atoms with van der Waals surface area (Å²) in [4.78, 5) is 21.8. The molecule has 6 rings (SSSR count). The summed E-state index contributed by atoms with van der Waals surface area (Å²) in [5, 5.41) is 9.60. The van der Waals surface area contributed by atoms with Crippen LogP contribution in [-0.4, -0.2) is 97.5 Å². The number of fused-ring (bicyclic) bond motifs is 1. The first-order valence-electron chi connectivity index (χ1n) is 16.0. The maximum Gasteiger partial charge on any atom is 0.239 e. The van der Waals surface area contributed by atoms with Gasteiger partial charge in [-0.1, -0.05) is 37.3 Å². The summed E-state index contributed by atoms with van der Waals surface area (Å²) >= 11 is 3.60. The SMILES string of the molecule is CCc1cc(Nc2ncc(Br)c(Nc3ccc4ccccc4c3P(C)(C)=O)n2)c(OC)nc1N1CCC(N2CCN(C)CC2)CC1. The Labute approximate surface area is 280 Å². The average molecular weight is 708 g/mol. The van der Waals surface area contributed by atoms with Crippen molar-refractivity contribution in [2.24, 2.45) is 0 Å². The lowest BCUT2D eigenvalue weighted by Crippen LogP contribution is -2.52. The van der Waals surface area contributed by atoms with Crippen LogP contribution in [0.25, 0.3) is 10.8 Å². The summed E-state index contributed by atoms with van der Waals surface area (Å²) in [6.07, 6.45) is 4.83. The Morgan fingerprint density at radius 1 is 0.978 bits per heavy atom. The van der Waals surface area contributed by atoms with Crippen LogP contribution in [0, 0.1) is 0 Å². The van der Waals surface area contributed by atoms with E-state index in [4.69, 9.17) is 14.7 Å². The van der Waals surface area contributed by atoms with Crippen LogP contribution >= 0.6 is 23.1 Å². The van der Waals surface area contributed by atoms with Gasteiger partial charge in [0.1, 0.15) is 24.5 Å². The number of halogens is 1. The molecule has 0 atom stereocenters. The maximum atomic E-state index is 13.5. The third kappa shape index (κ3) is 7.03. The van der Waals surface area contributed by atoms with Crippen molar-refractivity contribution in [1.29, 1.82) is 0 Å². The summed E-state index contributed by atoms with van der Waals surface area (Å²) in [5.41, 5.74) is 2.62. The van der Waals surface area contributed by atoms with Gasteiger partial charge in [-0.25, -0.2) is 4.98 Å². The Balaban J connectivity index is 1.23. The van der Waals surface area contributed by atoms with Crippen molar-refractivity contribution in [3.8, 4) is 5.88 Å². The molecule has 2 aromatic carbocycles. The van der Waals surface area contributed by atoms with Crippen molar-refractivity contribution < 1.29 is 9.30 Å². The zero-order chi connectivity index (χ0) is 32.4. The number of aryl methyl sites for hydroxylation is 1. The highest BCUT2D eigenvalue weighted by molar-refractivity contribution is 9.10. The molecule has 0 unspecified atom stereocenters. The van der Waals surface area contributed by atoms with E-state index < -0.39 is 7.14 Å². The molecule has 2 N–H and O–H groups in total. The Morgan fingerprint density at radius 2 is 1.72 bits per heavy atom.